The van der Waals surface area contributed by atoms with E-state index in [9.17, 15) is 9.59 Å². The van der Waals surface area contributed by atoms with Gasteiger partial charge >= 0.3 is 0 Å². The van der Waals surface area contributed by atoms with Gasteiger partial charge in [-0.3, -0.25) is 9.59 Å². The number of nitrogens with zero attached hydrogens (tertiary/aromatic N) is 5. The second-order valence-corrected chi connectivity index (χ2v) is 9.96. The molecule has 0 unspecified atom stereocenters. The highest BCUT2D eigenvalue weighted by atomic mass is 16.5. The summed E-state index contributed by atoms with van der Waals surface area (Å²) >= 11 is 0. The third-order valence-electron chi connectivity index (χ3n) is 7.85. The lowest BCUT2D eigenvalue weighted by molar-refractivity contribution is -0.134. The predicted octanol–water partition coefficient (Wildman–Crippen LogP) is 1.68. The quantitative estimate of drug-likeness (QED) is 0.694. The van der Waals surface area contributed by atoms with Crippen molar-refractivity contribution in [1.29, 1.82) is 0 Å². The Balaban J connectivity index is 1.03. The lowest BCUT2D eigenvalue weighted by Gasteiger charge is -2.41. The van der Waals surface area contributed by atoms with E-state index in [1.165, 1.54) is 0 Å². The average Bonchev–Trinajstić information content (AvgIpc) is 3.31. The molecule has 9 heteroatoms. The van der Waals surface area contributed by atoms with E-state index in [1.807, 2.05) is 29.2 Å². The number of aromatic nitrogens is 3. The van der Waals surface area contributed by atoms with Crippen LogP contribution < -0.4 is 5.32 Å². The molecule has 9 nitrogen and oxygen atoms in total. The van der Waals surface area contributed by atoms with Crippen LogP contribution in [0.15, 0.2) is 24.3 Å². The highest BCUT2D eigenvalue weighted by molar-refractivity contribution is 5.80. The van der Waals surface area contributed by atoms with Gasteiger partial charge in [-0.25, -0.2) is 4.68 Å². The first-order valence-electron chi connectivity index (χ1n) is 12.8. The minimum absolute atomic E-state index is 0.106. The van der Waals surface area contributed by atoms with Gasteiger partial charge in [0.05, 0.1) is 5.52 Å². The van der Waals surface area contributed by atoms with Crippen molar-refractivity contribution in [3.63, 3.8) is 0 Å². The van der Waals surface area contributed by atoms with Crippen molar-refractivity contribution in [1.82, 2.24) is 30.1 Å². The van der Waals surface area contributed by atoms with Crippen LogP contribution in [0, 0.1) is 11.8 Å². The Morgan fingerprint density at radius 3 is 2.47 bits per heavy atom. The van der Waals surface area contributed by atoms with Crippen molar-refractivity contribution in [2.45, 2.75) is 51.1 Å². The Morgan fingerprint density at radius 1 is 0.971 bits per heavy atom. The number of benzene rings is 1. The molecule has 4 heterocycles. The number of hydrogen-bond donors (Lipinski definition) is 1. The van der Waals surface area contributed by atoms with Gasteiger partial charge in [0.2, 0.25) is 11.8 Å². The third kappa shape index (κ3) is 5.41. The number of para-hydroxylation sites is 1. The number of rotatable bonds is 6. The normalized spacial score (nSPS) is 21.7. The van der Waals surface area contributed by atoms with Crippen molar-refractivity contribution in [3.8, 4) is 0 Å². The molecule has 3 aliphatic heterocycles. The van der Waals surface area contributed by atoms with Crippen molar-refractivity contribution in [2.75, 3.05) is 45.9 Å². The zero-order valence-electron chi connectivity index (χ0n) is 19.9. The van der Waals surface area contributed by atoms with Gasteiger partial charge in [0, 0.05) is 44.8 Å². The summed E-state index contributed by atoms with van der Waals surface area (Å²) in [6, 6.07) is 8.23. The molecule has 0 saturated carbocycles. The van der Waals surface area contributed by atoms with Gasteiger partial charge < -0.3 is 19.9 Å². The Labute approximate surface area is 200 Å². The first-order chi connectivity index (χ1) is 16.7. The standard InChI is InChI=1S/C25H36N6O3/c32-24(18-31-23-4-2-1-3-22(23)27-28-31)30-13-7-21(8-14-30)29-11-5-20(6-12-29)25(33)26-17-19-9-15-34-16-10-19/h1-4,19-21H,5-18H2,(H,26,33). The smallest absolute Gasteiger partial charge is 0.244 e. The number of fused-ring (bicyclic) bond motifs is 1. The number of nitrogens with one attached hydrogen (secondary N) is 1. The van der Waals surface area contributed by atoms with Crippen LogP contribution in [0.25, 0.3) is 11.0 Å². The number of amides is 2. The van der Waals surface area contributed by atoms with Crippen LogP contribution in [-0.2, 0) is 20.9 Å². The molecular formula is C25H36N6O3. The van der Waals surface area contributed by atoms with Gasteiger partial charge in [0.15, 0.2) is 0 Å². The largest absolute Gasteiger partial charge is 0.381 e. The van der Waals surface area contributed by atoms with Gasteiger partial charge in [-0.15, -0.1) is 5.10 Å². The number of hydrogen-bond acceptors (Lipinski definition) is 6. The molecule has 184 valence electrons. The topological polar surface area (TPSA) is 92.6 Å². The summed E-state index contributed by atoms with van der Waals surface area (Å²) in [5.41, 5.74) is 1.71. The molecule has 3 fully saturated rings. The van der Waals surface area contributed by atoms with Gasteiger partial charge in [0.1, 0.15) is 12.1 Å². The molecule has 0 radical (unpaired) electrons. The summed E-state index contributed by atoms with van der Waals surface area (Å²) in [6.07, 6.45) is 5.94. The third-order valence-corrected chi connectivity index (χ3v) is 7.85. The Bertz CT molecular complexity index is 972. The van der Waals surface area contributed by atoms with E-state index in [2.05, 4.69) is 20.5 Å². The van der Waals surface area contributed by atoms with E-state index in [0.717, 1.165) is 95.5 Å². The van der Waals surface area contributed by atoms with Crippen molar-refractivity contribution >= 4 is 22.8 Å². The van der Waals surface area contributed by atoms with Crippen LogP contribution in [0.4, 0.5) is 0 Å². The van der Waals surface area contributed by atoms with Crippen LogP contribution in [0.2, 0.25) is 0 Å². The van der Waals surface area contributed by atoms with Gasteiger partial charge in [-0.05, 0) is 69.7 Å². The lowest BCUT2D eigenvalue weighted by atomic mass is 9.92. The molecule has 3 saturated heterocycles. The highest BCUT2D eigenvalue weighted by Crippen LogP contribution is 2.25. The molecule has 0 aliphatic carbocycles. The molecule has 0 atom stereocenters. The van der Waals surface area contributed by atoms with E-state index in [1.54, 1.807) is 4.68 Å². The maximum Gasteiger partial charge on any atom is 0.244 e. The monoisotopic (exact) mass is 468 g/mol. The van der Waals surface area contributed by atoms with E-state index in [0.29, 0.717) is 12.0 Å². The summed E-state index contributed by atoms with van der Waals surface area (Å²) in [4.78, 5) is 30.0. The van der Waals surface area contributed by atoms with Crippen LogP contribution >= 0.6 is 0 Å². The summed E-state index contributed by atoms with van der Waals surface area (Å²) in [6.45, 7) is 6.17. The molecule has 1 aromatic carbocycles. The maximum atomic E-state index is 12.9. The molecule has 3 aliphatic rings. The summed E-state index contributed by atoms with van der Waals surface area (Å²) in [7, 11) is 0. The molecule has 34 heavy (non-hydrogen) atoms. The first kappa shape index (κ1) is 23.2. The molecule has 1 N–H and O–H groups in total. The zero-order chi connectivity index (χ0) is 23.3. The fourth-order valence-electron chi connectivity index (χ4n) is 5.61. The number of carbonyl (C=O) groups excluding carboxylic acids is 2. The van der Waals surface area contributed by atoms with E-state index >= 15 is 0 Å². The van der Waals surface area contributed by atoms with Gasteiger partial charge in [0.25, 0.3) is 0 Å². The molecule has 5 rings (SSSR count). The Kier molecular flexibility index (Phi) is 7.39. The molecule has 1 aromatic heterocycles. The van der Waals surface area contributed by atoms with Crippen LogP contribution in [0.5, 0.6) is 0 Å². The van der Waals surface area contributed by atoms with E-state index in [-0.39, 0.29) is 24.3 Å². The van der Waals surface area contributed by atoms with Crippen LogP contribution in [0.3, 0.4) is 0 Å². The molecule has 0 spiro atoms. The van der Waals surface area contributed by atoms with E-state index < -0.39 is 0 Å². The molecule has 2 amide bonds. The van der Waals surface area contributed by atoms with Gasteiger partial charge in [-0.1, -0.05) is 17.3 Å². The minimum Gasteiger partial charge on any atom is -0.381 e. The fourth-order valence-corrected chi connectivity index (χ4v) is 5.61. The van der Waals surface area contributed by atoms with Gasteiger partial charge in [-0.2, -0.15) is 0 Å². The fraction of sp³-hybridized carbons (Fsp3) is 0.680. The van der Waals surface area contributed by atoms with Crippen molar-refractivity contribution in [3.05, 3.63) is 24.3 Å². The number of ether oxygens (including phenoxy) is 1. The maximum absolute atomic E-state index is 12.9. The molecule has 2 aromatic rings. The molecular weight excluding hydrogens is 432 g/mol. The summed E-state index contributed by atoms with van der Waals surface area (Å²) in [5.74, 6) is 1.03. The van der Waals surface area contributed by atoms with Crippen molar-refractivity contribution in [2.24, 2.45) is 11.8 Å². The first-order valence-corrected chi connectivity index (χ1v) is 12.8. The Morgan fingerprint density at radius 2 is 1.71 bits per heavy atom. The number of piperidine rings is 2. The lowest BCUT2D eigenvalue weighted by Crippen LogP contribution is -2.50. The number of likely N-dealkylation sites (tertiary alicyclic amines) is 2. The molecule has 0 bridgehead atoms. The second kappa shape index (κ2) is 10.8. The number of carbonyl (C=O) groups is 2. The average molecular weight is 469 g/mol. The van der Waals surface area contributed by atoms with E-state index in [4.69, 9.17) is 4.74 Å². The zero-order valence-corrected chi connectivity index (χ0v) is 19.9. The van der Waals surface area contributed by atoms with Crippen molar-refractivity contribution < 1.29 is 14.3 Å². The highest BCUT2D eigenvalue weighted by Gasteiger charge is 2.32. The van der Waals surface area contributed by atoms with Crippen LogP contribution in [-0.4, -0.2) is 88.6 Å². The second-order valence-electron chi connectivity index (χ2n) is 9.96. The SMILES string of the molecule is O=C(NCC1CCOCC1)C1CCN(C2CCN(C(=O)Cn3nnc4ccccc43)CC2)CC1. The summed E-state index contributed by atoms with van der Waals surface area (Å²) < 4.78 is 7.10. The predicted molar refractivity (Wildman–Crippen MR) is 128 cm³/mol. The summed E-state index contributed by atoms with van der Waals surface area (Å²) in [5, 5.41) is 11.5. The minimum atomic E-state index is 0.106. The Hall–Kier alpha value is -2.52. The van der Waals surface area contributed by atoms with Crippen LogP contribution in [0.1, 0.15) is 38.5 Å².